The van der Waals surface area contributed by atoms with Gasteiger partial charge in [0.25, 0.3) is 0 Å². The van der Waals surface area contributed by atoms with Gasteiger partial charge < -0.3 is 21.7 Å². The van der Waals surface area contributed by atoms with E-state index >= 15 is 0 Å². The molecule has 1 atom stereocenters. The highest BCUT2D eigenvalue weighted by atomic mass is 35.5. The Labute approximate surface area is 117 Å². The fourth-order valence-electron chi connectivity index (χ4n) is 1.95. The van der Waals surface area contributed by atoms with Crippen LogP contribution in [-0.4, -0.2) is 24.5 Å². The number of hydrogen-bond acceptors (Lipinski definition) is 3. The summed E-state index contributed by atoms with van der Waals surface area (Å²) in [5, 5.41) is 8.39. The van der Waals surface area contributed by atoms with Crippen molar-refractivity contribution in [1.29, 1.82) is 0 Å². The van der Waals surface area contributed by atoms with Gasteiger partial charge in [0.15, 0.2) is 0 Å². The van der Waals surface area contributed by atoms with E-state index in [4.69, 9.17) is 5.73 Å². The molecule has 0 spiro atoms. The Balaban J connectivity index is 0.00000180. The van der Waals surface area contributed by atoms with Crippen molar-refractivity contribution in [1.82, 2.24) is 5.32 Å². The van der Waals surface area contributed by atoms with Crippen molar-refractivity contribution < 1.29 is 9.59 Å². The van der Waals surface area contributed by atoms with E-state index in [2.05, 4.69) is 16.0 Å². The molecule has 2 rings (SSSR count). The van der Waals surface area contributed by atoms with Crippen molar-refractivity contribution in [2.24, 2.45) is 5.73 Å². The molecule has 0 radical (unpaired) electrons. The predicted octanol–water partition coefficient (Wildman–Crippen LogP) is 1.29. The zero-order valence-corrected chi connectivity index (χ0v) is 11.1. The highest BCUT2D eigenvalue weighted by Gasteiger charge is 2.21. The number of nitrogens with one attached hydrogen (secondary N) is 3. The van der Waals surface area contributed by atoms with Crippen LogP contribution in [0.2, 0.25) is 0 Å². The highest BCUT2D eigenvalue weighted by Crippen LogP contribution is 2.16. The van der Waals surface area contributed by atoms with Crippen molar-refractivity contribution >= 4 is 35.7 Å². The standard InChI is InChI=1S/C12H16N4O2.ClH/c13-12(18)16-9-4-1-3-8(7-9)15-11(17)10-5-2-6-14-10;/h1,3-4,7,10,14H,2,5-6H2,(H,15,17)(H3,13,16,18);1H. The molecule has 0 bridgehead atoms. The maximum atomic E-state index is 11.9. The normalized spacial score (nSPS) is 17.4. The molecular weight excluding hydrogens is 268 g/mol. The molecule has 3 amide bonds. The first-order chi connectivity index (χ1) is 8.65. The van der Waals surface area contributed by atoms with Crippen LogP contribution in [0.4, 0.5) is 16.2 Å². The van der Waals surface area contributed by atoms with Crippen molar-refractivity contribution in [3.05, 3.63) is 24.3 Å². The van der Waals surface area contributed by atoms with Gasteiger partial charge in [0.2, 0.25) is 5.91 Å². The molecule has 1 heterocycles. The molecule has 1 aliphatic heterocycles. The highest BCUT2D eigenvalue weighted by molar-refractivity contribution is 5.96. The van der Waals surface area contributed by atoms with Crippen molar-refractivity contribution in [2.75, 3.05) is 17.2 Å². The Hall–Kier alpha value is -1.79. The number of carbonyl (C=O) groups excluding carboxylic acids is 2. The predicted molar refractivity (Wildman–Crippen MR) is 76.6 cm³/mol. The van der Waals surface area contributed by atoms with Crippen molar-refractivity contribution in [3.63, 3.8) is 0 Å². The van der Waals surface area contributed by atoms with Gasteiger partial charge in [0.05, 0.1) is 6.04 Å². The Kier molecular flexibility index (Phi) is 5.59. The molecule has 6 nitrogen and oxygen atoms in total. The number of benzene rings is 1. The van der Waals surface area contributed by atoms with Gasteiger partial charge in [-0.3, -0.25) is 4.79 Å². The van der Waals surface area contributed by atoms with Crippen LogP contribution in [0.15, 0.2) is 24.3 Å². The average Bonchev–Trinajstić information content (AvgIpc) is 2.81. The first-order valence-corrected chi connectivity index (χ1v) is 5.86. The number of urea groups is 1. The largest absolute Gasteiger partial charge is 0.351 e. The lowest BCUT2D eigenvalue weighted by molar-refractivity contribution is -0.117. The number of halogens is 1. The number of amides is 3. The zero-order chi connectivity index (χ0) is 13.0. The number of rotatable bonds is 3. The zero-order valence-electron chi connectivity index (χ0n) is 10.3. The summed E-state index contributed by atoms with van der Waals surface area (Å²) in [7, 11) is 0. The summed E-state index contributed by atoms with van der Waals surface area (Å²) in [5.74, 6) is -0.0521. The van der Waals surface area contributed by atoms with E-state index in [1.165, 1.54) is 0 Å². The van der Waals surface area contributed by atoms with Crippen LogP contribution < -0.4 is 21.7 Å². The van der Waals surface area contributed by atoms with Crippen LogP contribution in [0.5, 0.6) is 0 Å². The van der Waals surface area contributed by atoms with E-state index in [1.54, 1.807) is 24.3 Å². The molecule has 1 unspecified atom stereocenters. The minimum Gasteiger partial charge on any atom is -0.351 e. The molecule has 7 heteroatoms. The molecule has 19 heavy (non-hydrogen) atoms. The van der Waals surface area contributed by atoms with Crippen LogP contribution >= 0.6 is 12.4 Å². The maximum absolute atomic E-state index is 11.9. The lowest BCUT2D eigenvalue weighted by atomic mass is 10.2. The van der Waals surface area contributed by atoms with E-state index < -0.39 is 6.03 Å². The molecule has 5 N–H and O–H groups in total. The molecule has 0 aromatic heterocycles. The molecule has 104 valence electrons. The number of nitrogens with two attached hydrogens (primary N) is 1. The lowest BCUT2D eigenvalue weighted by Gasteiger charge is -2.12. The minimum atomic E-state index is -0.629. The van der Waals surface area contributed by atoms with Gasteiger partial charge in [0, 0.05) is 11.4 Å². The van der Waals surface area contributed by atoms with E-state index in [0.717, 1.165) is 19.4 Å². The first-order valence-electron chi connectivity index (χ1n) is 5.86. The maximum Gasteiger partial charge on any atom is 0.316 e. The summed E-state index contributed by atoms with van der Waals surface area (Å²) >= 11 is 0. The van der Waals surface area contributed by atoms with Gasteiger partial charge in [-0.1, -0.05) is 6.07 Å². The topological polar surface area (TPSA) is 96.2 Å². The Bertz CT molecular complexity index is 461. The number of hydrogen-bond donors (Lipinski definition) is 4. The van der Waals surface area contributed by atoms with Gasteiger partial charge in [-0.2, -0.15) is 0 Å². The third-order valence-corrected chi connectivity index (χ3v) is 2.77. The fourth-order valence-corrected chi connectivity index (χ4v) is 1.95. The number of primary amides is 1. The van der Waals surface area contributed by atoms with Gasteiger partial charge in [0.1, 0.15) is 0 Å². The number of carbonyl (C=O) groups is 2. The lowest BCUT2D eigenvalue weighted by Crippen LogP contribution is -2.35. The second-order valence-corrected chi connectivity index (χ2v) is 4.21. The third kappa shape index (κ3) is 4.42. The monoisotopic (exact) mass is 284 g/mol. The number of anilines is 2. The minimum absolute atomic E-state index is 0. The van der Waals surface area contributed by atoms with Gasteiger partial charge in [-0.05, 0) is 37.6 Å². The second kappa shape index (κ2) is 6.96. The average molecular weight is 285 g/mol. The molecule has 1 aromatic carbocycles. The van der Waals surface area contributed by atoms with Crippen LogP contribution in [0.1, 0.15) is 12.8 Å². The van der Waals surface area contributed by atoms with E-state index in [9.17, 15) is 9.59 Å². The third-order valence-electron chi connectivity index (χ3n) is 2.77. The molecule has 1 fully saturated rings. The molecule has 1 aromatic rings. The molecule has 0 aliphatic carbocycles. The summed E-state index contributed by atoms with van der Waals surface area (Å²) < 4.78 is 0. The Morgan fingerprint density at radius 1 is 1.26 bits per heavy atom. The summed E-state index contributed by atoms with van der Waals surface area (Å²) in [5.41, 5.74) is 6.22. The van der Waals surface area contributed by atoms with Crippen molar-refractivity contribution in [2.45, 2.75) is 18.9 Å². The Morgan fingerprint density at radius 3 is 2.53 bits per heavy atom. The van der Waals surface area contributed by atoms with Crippen LogP contribution in [0, 0.1) is 0 Å². The molecule has 1 saturated heterocycles. The summed E-state index contributed by atoms with van der Waals surface area (Å²) in [4.78, 5) is 22.6. The van der Waals surface area contributed by atoms with E-state index in [0.29, 0.717) is 11.4 Å². The molecular formula is C12H17ClN4O2. The molecule has 1 aliphatic rings. The van der Waals surface area contributed by atoms with Gasteiger partial charge in [-0.25, -0.2) is 4.79 Å². The molecule has 0 saturated carbocycles. The summed E-state index contributed by atoms with van der Waals surface area (Å²) in [6, 6.07) is 6.11. The quantitative estimate of drug-likeness (QED) is 0.673. The second-order valence-electron chi connectivity index (χ2n) is 4.21. The Morgan fingerprint density at radius 2 is 1.95 bits per heavy atom. The first kappa shape index (κ1) is 15.3. The van der Waals surface area contributed by atoms with Crippen LogP contribution in [0.25, 0.3) is 0 Å². The fraction of sp³-hybridized carbons (Fsp3) is 0.333. The van der Waals surface area contributed by atoms with E-state index in [-0.39, 0.29) is 24.4 Å². The van der Waals surface area contributed by atoms with Gasteiger partial charge in [-0.15, -0.1) is 12.4 Å². The SMILES string of the molecule is Cl.NC(=O)Nc1cccc(NC(=O)C2CCCN2)c1. The summed E-state index contributed by atoms with van der Waals surface area (Å²) in [6.07, 6.45) is 1.87. The summed E-state index contributed by atoms with van der Waals surface area (Å²) in [6.45, 7) is 0.876. The van der Waals surface area contributed by atoms with E-state index in [1.807, 2.05) is 0 Å². The van der Waals surface area contributed by atoms with Crippen molar-refractivity contribution in [3.8, 4) is 0 Å². The smallest absolute Gasteiger partial charge is 0.316 e. The van der Waals surface area contributed by atoms with Crippen LogP contribution in [-0.2, 0) is 4.79 Å². The van der Waals surface area contributed by atoms with Crippen LogP contribution in [0.3, 0.4) is 0 Å². The van der Waals surface area contributed by atoms with Gasteiger partial charge >= 0.3 is 6.03 Å².